The quantitative estimate of drug-likeness (QED) is 0.770. The van der Waals surface area contributed by atoms with Crippen LogP contribution >= 0.6 is 0 Å². The average molecular weight is 380 g/mol. The minimum absolute atomic E-state index is 0.0322. The van der Waals surface area contributed by atoms with Crippen LogP contribution in [0.3, 0.4) is 0 Å². The summed E-state index contributed by atoms with van der Waals surface area (Å²) < 4.78 is 10.5. The molecule has 0 fully saturated rings. The predicted octanol–water partition coefficient (Wildman–Crippen LogP) is 3.80. The van der Waals surface area contributed by atoms with Gasteiger partial charge in [0.2, 0.25) is 0 Å². The number of nitrogens with zero attached hydrogens (tertiary/aromatic N) is 1. The first-order valence-corrected chi connectivity index (χ1v) is 8.93. The van der Waals surface area contributed by atoms with E-state index in [-0.39, 0.29) is 12.0 Å². The molecule has 2 rings (SSSR count). The number of nitriles is 1. The van der Waals surface area contributed by atoms with Crippen molar-refractivity contribution in [3.63, 3.8) is 0 Å². The molecule has 0 radical (unpaired) electrons. The van der Waals surface area contributed by atoms with E-state index < -0.39 is 18.0 Å². The molecule has 1 atom stereocenters. The van der Waals surface area contributed by atoms with Gasteiger partial charge in [0.25, 0.3) is 5.91 Å². The van der Waals surface area contributed by atoms with Crippen LogP contribution in [0.5, 0.6) is 5.75 Å². The van der Waals surface area contributed by atoms with E-state index in [0.717, 1.165) is 5.56 Å². The van der Waals surface area contributed by atoms with Gasteiger partial charge in [0, 0.05) is 0 Å². The molecule has 0 aliphatic carbocycles. The Kier molecular flexibility index (Phi) is 6.78. The van der Waals surface area contributed by atoms with Gasteiger partial charge in [0.15, 0.2) is 12.7 Å². The van der Waals surface area contributed by atoms with Crippen LogP contribution in [0.15, 0.2) is 48.5 Å². The molecule has 6 heteroatoms. The second-order valence-electron chi connectivity index (χ2n) is 7.34. The summed E-state index contributed by atoms with van der Waals surface area (Å²) in [5.41, 5.74) is 1.89. The van der Waals surface area contributed by atoms with E-state index in [4.69, 9.17) is 14.7 Å². The fraction of sp³-hybridized carbons (Fsp3) is 0.318. The molecule has 28 heavy (non-hydrogen) atoms. The van der Waals surface area contributed by atoms with Crippen molar-refractivity contribution in [2.24, 2.45) is 0 Å². The number of carbonyl (C=O) groups excluding carboxylic acids is 2. The highest BCUT2D eigenvalue weighted by molar-refractivity contribution is 5.96. The highest BCUT2D eigenvalue weighted by Gasteiger charge is 2.19. The molecule has 0 saturated carbocycles. The third-order valence-electron chi connectivity index (χ3n) is 4.06. The second-order valence-corrected chi connectivity index (χ2v) is 7.34. The van der Waals surface area contributed by atoms with E-state index in [1.54, 1.807) is 36.4 Å². The molecule has 0 heterocycles. The van der Waals surface area contributed by atoms with Gasteiger partial charge in [0.05, 0.1) is 11.3 Å². The Labute approximate surface area is 165 Å². The maximum Gasteiger partial charge on any atom is 0.344 e. The van der Waals surface area contributed by atoms with E-state index >= 15 is 0 Å². The van der Waals surface area contributed by atoms with Crippen LogP contribution in [0.4, 0.5) is 5.69 Å². The molecule has 6 nitrogen and oxygen atoms in total. The van der Waals surface area contributed by atoms with E-state index in [1.807, 2.05) is 18.2 Å². The minimum atomic E-state index is -1.02. The van der Waals surface area contributed by atoms with Crippen molar-refractivity contribution in [2.75, 3.05) is 11.9 Å². The van der Waals surface area contributed by atoms with E-state index in [9.17, 15) is 9.59 Å². The Bertz CT molecular complexity index is 877. The van der Waals surface area contributed by atoms with Gasteiger partial charge in [-0.1, -0.05) is 45.0 Å². The molecular weight excluding hydrogens is 356 g/mol. The van der Waals surface area contributed by atoms with Crippen LogP contribution in [0, 0.1) is 11.3 Å². The fourth-order valence-electron chi connectivity index (χ4n) is 2.40. The minimum Gasteiger partial charge on any atom is -0.482 e. The van der Waals surface area contributed by atoms with Gasteiger partial charge in [-0.15, -0.1) is 0 Å². The van der Waals surface area contributed by atoms with Crippen molar-refractivity contribution >= 4 is 17.6 Å². The van der Waals surface area contributed by atoms with Crippen molar-refractivity contribution in [3.8, 4) is 11.8 Å². The average Bonchev–Trinajstić information content (AvgIpc) is 2.66. The summed E-state index contributed by atoms with van der Waals surface area (Å²) in [6.45, 7) is 7.49. The van der Waals surface area contributed by atoms with Crippen LogP contribution in [-0.2, 0) is 19.7 Å². The van der Waals surface area contributed by atoms with Gasteiger partial charge >= 0.3 is 5.97 Å². The number of nitrogens with one attached hydrogen (secondary N) is 1. The van der Waals surface area contributed by atoms with Gasteiger partial charge in [-0.25, -0.2) is 4.79 Å². The lowest BCUT2D eigenvalue weighted by atomic mass is 9.87. The summed E-state index contributed by atoms with van der Waals surface area (Å²) in [5, 5.41) is 11.6. The Morgan fingerprint density at radius 1 is 1.11 bits per heavy atom. The third-order valence-corrected chi connectivity index (χ3v) is 4.06. The number of para-hydroxylation sites is 1. The maximum absolute atomic E-state index is 12.2. The molecule has 0 aromatic heterocycles. The third kappa shape index (κ3) is 5.85. The molecule has 1 amide bonds. The van der Waals surface area contributed by atoms with E-state index in [2.05, 4.69) is 26.1 Å². The zero-order chi connectivity index (χ0) is 20.7. The maximum atomic E-state index is 12.2. The van der Waals surface area contributed by atoms with E-state index in [0.29, 0.717) is 17.0 Å². The first kappa shape index (κ1) is 21.0. The molecule has 0 aliphatic heterocycles. The number of hydrogen-bond donors (Lipinski definition) is 1. The van der Waals surface area contributed by atoms with Crippen molar-refractivity contribution in [1.29, 1.82) is 5.26 Å². The number of rotatable bonds is 6. The molecule has 0 bridgehead atoms. The molecular formula is C22H24N2O4. The first-order chi connectivity index (χ1) is 13.2. The summed E-state index contributed by atoms with van der Waals surface area (Å²) in [4.78, 5) is 24.1. The van der Waals surface area contributed by atoms with Crippen molar-refractivity contribution in [2.45, 2.75) is 39.2 Å². The molecule has 0 saturated heterocycles. The number of hydrogen-bond acceptors (Lipinski definition) is 5. The number of benzene rings is 2. The van der Waals surface area contributed by atoms with Crippen LogP contribution in [0.2, 0.25) is 0 Å². The van der Waals surface area contributed by atoms with Gasteiger partial charge in [-0.3, -0.25) is 4.79 Å². The highest BCUT2D eigenvalue weighted by atomic mass is 16.6. The van der Waals surface area contributed by atoms with Crippen molar-refractivity contribution in [1.82, 2.24) is 0 Å². The summed E-state index contributed by atoms with van der Waals surface area (Å²) in [6.07, 6.45) is -1.02. The topological polar surface area (TPSA) is 88.4 Å². The number of ether oxygens (including phenoxy) is 2. The molecule has 2 aromatic carbocycles. The summed E-state index contributed by atoms with van der Waals surface area (Å²) in [5.74, 6) is -0.633. The van der Waals surface area contributed by atoms with Crippen molar-refractivity contribution in [3.05, 3.63) is 59.7 Å². The van der Waals surface area contributed by atoms with Gasteiger partial charge in [-0.05, 0) is 42.2 Å². The second kappa shape index (κ2) is 9.05. The lowest BCUT2D eigenvalue weighted by Crippen LogP contribution is -2.31. The summed E-state index contributed by atoms with van der Waals surface area (Å²) in [7, 11) is 0. The van der Waals surface area contributed by atoms with Crippen LogP contribution in [-0.4, -0.2) is 24.6 Å². The van der Waals surface area contributed by atoms with Crippen LogP contribution < -0.4 is 10.1 Å². The lowest BCUT2D eigenvalue weighted by Gasteiger charge is -2.19. The van der Waals surface area contributed by atoms with Gasteiger partial charge in [0.1, 0.15) is 11.8 Å². The Balaban J connectivity index is 1.85. The molecule has 1 N–H and O–H groups in total. The fourth-order valence-corrected chi connectivity index (χ4v) is 2.40. The molecule has 2 aromatic rings. The molecule has 0 spiro atoms. The Morgan fingerprint density at radius 3 is 2.36 bits per heavy atom. The molecule has 0 aliphatic rings. The summed E-state index contributed by atoms with van der Waals surface area (Å²) >= 11 is 0. The van der Waals surface area contributed by atoms with E-state index in [1.165, 1.54) is 6.92 Å². The molecule has 146 valence electrons. The SMILES string of the molecule is CC(OC(=O)COc1ccc(C(C)(C)C)cc1)C(=O)Nc1ccccc1C#N. The monoisotopic (exact) mass is 380 g/mol. The number of amides is 1. The zero-order valence-electron chi connectivity index (χ0n) is 16.5. The Hall–Kier alpha value is -3.33. The highest BCUT2D eigenvalue weighted by Crippen LogP contribution is 2.24. The van der Waals surface area contributed by atoms with Crippen LogP contribution in [0.25, 0.3) is 0 Å². The first-order valence-electron chi connectivity index (χ1n) is 8.93. The Morgan fingerprint density at radius 2 is 1.75 bits per heavy atom. The van der Waals surface area contributed by atoms with Gasteiger partial charge in [-0.2, -0.15) is 5.26 Å². The van der Waals surface area contributed by atoms with Crippen LogP contribution in [0.1, 0.15) is 38.8 Å². The zero-order valence-corrected chi connectivity index (χ0v) is 16.5. The van der Waals surface area contributed by atoms with Gasteiger partial charge < -0.3 is 14.8 Å². The number of esters is 1. The van der Waals surface area contributed by atoms with Crippen molar-refractivity contribution < 1.29 is 19.1 Å². The normalized spacial score (nSPS) is 11.8. The lowest BCUT2D eigenvalue weighted by molar-refractivity contribution is -0.155. The largest absolute Gasteiger partial charge is 0.482 e. The molecule has 1 unspecified atom stereocenters. The smallest absolute Gasteiger partial charge is 0.344 e. The predicted molar refractivity (Wildman–Crippen MR) is 106 cm³/mol. The number of carbonyl (C=O) groups is 2. The number of anilines is 1. The standard InChI is InChI=1S/C22H24N2O4/c1-15(21(26)24-19-8-6-5-7-16(19)13-23)28-20(25)14-27-18-11-9-17(10-12-18)22(2,3)4/h5-12,15H,14H2,1-4H3,(H,24,26). The summed E-state index contributed by atoms with van der Waals surface area (Å²) in [6, 6.07) is 16.1.